The van der Waals surface area contributed by atoms with Crippen LogP contribution in [0.25, 0.3) is 0 Å². The second-order valence-corrected chi connectivity index (χ2v) is 5.45. The number of hydrogen-bond acceptors (Lipinski definition) is 6. The highest BCUT2D eigenvalue weighted by Gasteiger charge is 2.31. The lowest BCUT2D eigenvalue weighted by atomic mass is 9.98. The molecule has 2 fully saturated rings. The Morgan fingerprint density at radius 2 is 2.16 bits per heavy atom. The molecule has 1 aromatic heterocycles. The lowest BCUT2D eigenvalue weighted by Crippen LogP contribution is -2.43. The summed E-state index contributed by atoms with van der Waals surface area (Å²) in [6, 6.07) is 1.37. The summed E-state index contributed by atoms with van der Waals surface area (Å²) in [5.41, 5.74) is 0. The van der Waals surface area contributed by atoms with Crippen LogP contribution in [0.5, 0.6) is 6.01 Å². The average molecular weight is 284 g/mol. The van der Waals surface area contributed by atoms with Crippen LogP contribution in [0.3, 0.4) is 0 Å². The van der Waals surface area contributed by atoms with Crippen LogP contribution in [0, 0.1) is 0 Å². The number of nitrogens with one attached hydrogen (secondary N) is 1. The predicted molar refractivity (Wildman–Crippen MR) is 72.6 cm³/mol. The minimum atomic E-state index is 0.160. The first kappa shape index (κ1) is 12.9. The molecule has 0 saturated carbocycles. The van der Waals surface area contributed by atoms with Crippen molar-refractivity contribution >= 4 is 17.5 Å². The quantitative estimate of drug-likeness (QED) is 0.909. The molecule has 1 N–H and O–H groups in total. The SMILES string of the molecule is COc1nc(Cl)nc(NC2CCN3CCCC3C2)n1. The van der Waals surface area contributed by atoms with Gasteiger partial charge in [0.05, 0.1) is 7.11 Å². The molecule has 0 spiro atoms. The molecular formula is C12H18ClN5O. The molecule has 19 heavy (non-hydrogen) atoms. The van der Waals surface area contributed by atoms with Gasteiger partial charge >= 0.3 is 6.01 Å². The number of nitrogens with zero attached hydrogens (tertiary/aromatic N) is 4. The van der Waals surface area contributed by atoms with Gasteiger partial charge in [-0.05, 0) is 43.8 Å². The van der Waals surface area contributed by atoms with Gasteiger partial charge in [-0.2, -0.15) is 15.0 Å². The number of piperidine rings is 1. The van der Waals surface area contributed by atoms with Gasteiger partial charge in [0.25, 0.3) is 0 Å². The zero-order valence-electron chi connectivity index (χ0n) is 11.0. The first-order valence-electron chi connectivity index (χ1n) is 6.71. The molecule has 0 aliphatic carbocycles. The van der Waals surface area contributed by atoms with E-state index in [1.165, 1.54) is 26.5 Å². The first-order chi connectivity index (χ1) is 9.24. The van der Waals surface area contributed by atoms with Crippen molar-refractivity contribution < 1.29 is 4.74 Å². The third kappa shape index (κ3) is 2.90. The van der Waals surface area contributed by atoms with Gasteiger partial charge in [-0.3, -0.25) is 0 Å². The number of aromatic nitrogens is 3. The Balaban J connectivity index is 1.66. The Morgan fingerprint density at radius 3 is 3.00 bits per heavy atom. The summed E-state index contributed by atoms with van der Waals surface area (Å²) in [5.74, 6) is 0.508. The number of anilines is 1. The fourth-order valence-electron chi connectivity index (χ4n) is 3.03. The number of methoxy groups -OCH3 is 1. The van der Waals surface area contributed by atoms with Crippen LogP contribution >= 0.6 is 11.6 Å². The number of halogens is 1. The number of fused-ring (bicyclic) bond motifs is 1. The van der Waals surface area contributed by atoms with Crippen molar-refractivity contribution in [2.75, 3.05) is 25.5 Å². The molecule has 0 bridgehead atoms. The molecule has 3 heterocycles. The number of rotatable bonds is 3. The van der Waals surface area contributed by atoms with E-state index in [1.54, 1.807) is 0 Å². The fraction of sp³-hybridized carbons (Fsp3) is 0.750. The summed E-state index contributed by atoms with van der Waals surface area (Å²) < 4.78 is 5.00. The normalized spacial score (nSPS) is 27.1. The molecule has 104 valence electrons. The maximum Gasteiger partial charge on any atom is 0.322 e. The van der Waals surface area contributed by atoms with Crippen LogP contribution in [-0.4, -0.2) is 52.1 Å². The van der Waals surface area contributed by atoms with Gasteiger partial charge in [0.15, 0.2) is 0 Å². The molecule has 0 radical (unpaired) electrons. The summed E-state index contributed by atoms with van der Waals surface area (Å²) in [7, 11) is 1.52. The Hall–Kier alpha value is -1.14. The van der Waals surface area contributed by atoms with E-state index in [0.717, 1.165) is 19.4 Å². The molecular weight excluding hydrogens is 266 g/mol. The van der Waals surface area contributed by atoms with Crippen molar-refractivity contribution in [3.8, 4) is 6.01 Å². The van der Waals surface area contributed by atoms with Crippen LogP contribution in [0.2, 0.25) is 5.28 Å². The third-order valence-electron chi connectivity index (χ3n) is 3.92. The minimum Gasteiger partial charge on any atom is -0.467 e. The standard InChI is InChI=1S/C12H18ClN5O/c1-19-12-16-10(13)15-11(17-12)14-8-4-6-18-5-2-3-9(18)7-8/h8-9H,2-7H2,1H3,(H,14,15,16,17). The molecule has 0 amide bonds. The van der Waals surface area contributed by atoms with Gasteiger partial charge in [0, 0.05) is 18.6 Å². The van der Waals surface area contributed by atoms with Crippen molar-refractivity contribution in [2.24, 2.45) is 0 Å². The monoisotopic (exact) mass is 283 g/mol. The summed E-state index contributed by atoms with van der Waals surface area (Å²) in [6.45, 7) is 2.40. The molecule has 2 unspecified atom stereocenters. The smallest absolute Gasteiger partial charge is 0.322 e. The molecule has 7 heteroatoms. The van der Waals surface area contributed by atoms with Gasteiger partial charge in [0.1, 0.15) is 0 Å². The van der Waals surface area contributed by atoms with Gasteiger partial charge < -0.3 is 15.0 Å². The number of ether oxygens (including phenoxy) is 1. The Morgan fingerprint density at radius 1 is 1.26 bits per heavy atom. The van der Waals surface area contributed by atoms with Crippen LogP contribution < -0.4 is 10.1 Å². The van der Waals surface area contributed by atoms with Gasteiger partial charge in [-0.1, -0.05) is 0 Å². The number of hydrogen-bond donors (Lipinski definition) is 1. The Kier molecular flexibility index (Phi) is 3.70. The highest BCUT2D eigenvalue weighted by atomic mass is 35.5. The van der Waals surface area contributed by atoms with Crippen molar-refractivity contribution in [3.05, 3.63) is 5.28 Å². The maximum absolute atomic E-state index is 5.85. The molecule has 1 aromatic rings. The second-order valence-electron chi connectivity index (χ2n) is 5.11. The molecule has 0 aromatic carbocycles. The second kappa shape index (κ2) is 5.46. The van der Waals surface area contributed by atoms with Gasteiger partial charge in [0.2, 0.25) is 11.2 Å². The topological polar surface area (TPSA) is 63.2 Å². The zero-order valence-corrected chi connectivity index (χ0v) is 11.7. The summed E-state index contributed by atoms with van der Waals surface area (Å²) >= 11 is 5.85. The minimum absolute atomic E-state index is 0.160. The third-order valence-corrected chi connectivity index (χ3v) is 4.09. The van der Waals surface area contributed by atoms with E-state index in [0.29, 0.717) is 18.0 Å². The van der Waals surface area contributed by atoms with Gasteiger partial charge in [-0.25, -0.2) is 0 Å². The average Bonchev–Trinajstić information content (AvgIpc) is 2.85. The molecule has 6 nitrogen and oxygen atoms in total. The van der Waals surface area contributed by atoms with Crippen molar-refractivity contribution in [2.45, 2.75) is 37.8 Å². The molecule has 2 atom stereocenters. The van der Waals surface area contributed by atoms with E-state index < -0.39 is 0 Å². The van der Waals surface area contributed by atoms with E-state index in [9.17, 15) is 0 Å². The van der Waals surface area contributed by atoms with Crippen LogP contribution in [0.15, 0.2) is 0 Å². The molecule has 2 aliphatic heterocycles. The van der Waals surface area contributed by atoms with Gasteiger partial charge in [-0.15, -0.1) is 0 Å². The lowest BCUT2D eigenvalue weighted by Gasteiger charge is -2.35. The summed E-state index contributed by atoms with van der Waals surface area (Å²) in [5, 5.41) is 3.52. The predicted octanol–water partition coefficient (Wildman–Crippen LogP) is 1.57. The Bertz CT molecular complexity index is 458. The van der Waals surface area contributed by atoms with E-state index in [1.807, 2.05) is 0 Å². The van der Waals surface area contributed by atoms with E-state index in [-0.39, 0.29) is 11.3 Å². The summed E-state index contributed by atoms with van der Waals surface area (Å²) in [4.78, 5) is 14.7. The lowest BCUT2D eigenvalue weighted by molar-refractivity contribution is 0.187. The molecule has 3 rings (SSSR count). The highest BCUT2D eigenvalue weighted by molar-refractivity contribution is 6.28. The van der Waals surface area contributed by atoms with Crippen molar-refractivity contribution in [1.29, 1.82) is 0 Å². The molecule has 2 saturated heterocycles. The van der Waals surface area contributed by atoms with E-state index >= 15 is 0 Å². The largest absolute Gasteiger partial charge is 0.467 e. The van der Waals surface area contributed by atoms with Crippen LogP contribution in [0.4, 0.5) is 5.95 Å². The molecule has 2 aliphatic rings. The van der Waals surface area contributed by atoms with Crippen LogP contribution in [0.1, 0.15) is 25.7 Å². The van der Waals surface area contributed by atoms with Crippen molar-refractivity contribution in [3.63, 3.8) is 0 Å². The summed E-state index contributed by atoms with van der Waals surface area (Å²) in [6.07, 6.45) is 4.88. The van der Waals surface area contributed by atoms with E-state index in [2.05, 4.69) is 25.2 Å². The Labute approximate surface area is 117 Å². The van der Waals surface area contributed by atoms with E-state index in [4.69, 9.17) is 16.3 Å². The fourth-order valence-corrected chi connectivity index (χ4v) is 3.18. The van der Waals surface area contributed by atoms with Crippen LogP contribution in [-0.2, 0) is 0 Å². The maximum atomic E-state index is 5.85. The first-order valence-corrected chi connectivity index (χ1v) is 7.08. The zero-order chi connectivity index (χ0) is 13.2. The van der Waals surface area contributed by atoms with Crippen molar-refractivity contribution in [1.82, 2.24) is 19.9 Å². The highest BCUT2D eigenvalue weighted by Crippen LogP contribution is 2.28.